The number of amidine groups is 1. The van der Waals surface area contributed by atoms with E-state index in [1.807, 2.05) is 70.2 Å². The molecule has 2 aromatic carbocycles. The van der Waals surface area contributed by atoms with Gasteiger partial charge in [0.2, 0.25) is 5.96 Å². The zero-order valence-corrected chi connectivity index (χ0v) is 24.2. The summed E-state index contributed by atoms with van der Waals surface area (Å²) in [4.78, 5) is 38.9. The number of hydrogen-bond acceptors (Lipinski definition) is 8. The van der Waals surface area contributed by atoms with Gasteiger partial charge in [0.05, 0.1) is 18.9 Å². The number of para-hydroxylation sites is 1. The summed E-state index contributed by atoms with van der Waals surface area (Å²) in [7, 11) is 1.28. The van der Waals surface area contributed by atoms with E-state index in [2.05, 4.69) is 25.9 Å². The number of carbonyl (C=O) groups is 2. The van der Waals surface area contributed by atoms with Crippen molar-refractivity contribution in [3.8, 4) is 0 Å². The van der Waals surface area contributed by atoms with Gasteiger partial charge in [0, 0.05) is 22.0 Å². The number of amides is 1. The highest BCUT2D eigenvalue weighted by atomic mass is 35.5. The van der Waals surface area contributed by atoms with E-state index in [1.54, 1.807) is 13.0 Å². The summed E-state index contributed by atoms with van der Waals surface area (Å²) in [6.45, 7) is 9.62. The SMILES string of the molecule is CC.COC(=O)c1cnc(NC(=O)C2=C(C)NC(/N=C(/C)Nc3ccccc3C)=NC2c2ccccc2Cl)s1. The monoisotopic (exact) mass is 566 g/mol. The molecule has 0 fully saturated rings. The number of guanidine groups is 1. The molecule has 1 aromatic heterocycles. The van der Waals surface area contributed by atoms with Crippen LogP contribution in [0.5, 0.6) is 0 Å². The number of anilines is 2. The van der Waals surface area contributed by atoms with Crippen LogP contribution in [-0.4, -0.2) is 35.8 Å². The third-order valence-electron chi connectivity index (χ3n) is 5.52. The Hall–Kier alpha value is -4.02. The molecule has 3 aromatic rings. The summed E-state index contributed by atoms with van der Waals surface area (Å²) in [5, 5.41) is 9.89. The maximum absolute atomic E-state index is 13.4. The van der Waals surface area contributed by atoms with Crippen molar-refractivity contribution < 1.29 is 14.3 Å². The molecule has 1 aliphatic heterocycles. The van der Waals surface area contributed by atoms with Crippen molar-refractivity contribution in [3.63, 3.8) is 0 Å². The first-order valence-electron chi connectivity index (χ1n) is 12.3. The molecule has 0 saturated heterocycles. The number of nitrogens with zero attached hydrogens (tertiary/aromatic N) is 3. The fraction of sp³-hybridized carbons (Fsp3) is 0.250. The van der Waals surface area contributed by atoms with E-state index in [0.29, 0.717) is 33.7 Å². The number of benzene rings is 2. The molecule has 204 valence electrons. The fourth-order valence-electron chi connectivity index (χ4n) is 3.72. The third-order valence-corrected chi connectivity index (χ3v) is 6.76. The third kappa shape index (κ3) is 7.30. The zero-order chi connectivity index (χ0) is 28.5. The summed E-state index contributed by atoms with van der Waals surface area (Å²) in [5.74, 6) is 0.00254. The first-order chi connectivity index (χ1) is 18.8. The number of halogens is 1. The van der Waals surface area contributed by atoms with E-state index in [0.717, 1.165) is 22.6 Å². The molecule has 0 spiro atoms. The first-order valence-corrected chi connectivity index (χ1v) is 13.5. The summed E-state index contributed by atoms with van der Waals surface area (Å²) in [6.07, 6.45) is 1.35. The van der Waals surface area contributed by atoms with Crippen molar-refractivity contribution in [1.29, 1.82) is 0 Å². The molecule has 4 rings (SSSR count). The minimum atomic E-state index is -0.722. The van der Waals surface area contributed by atoms with E-state index >= 15 is 0 Å². The number of aromatic nitrogens is 1. The Balaban J connectivity index is 0.00000205. The van der Waals surface area contributed by atoms with Crippen LogP contribution in [0.15, 0.2) is 76.0 Å². The van der Waals surface area contributed by atoms with Gasteiger partial charge in [0.25, 0.3) is 5.91 Å². The first kappa shape index (κ1) is 29.5. The molecule has 1 atom stereocenters. The lowest BCUT2D eigenvalue weighted by atomic mass is 9.95. The van der Waals surface area contributed by atoms with Crippen LogP contribution >= 0.6 is 22.9 Å². The Labute approximate surface area is 237 Å². The van der Waals surface area contributed by atoms with E-state index in [9.17, 15) is 9.59 Å². The fourth-order valence-corrected chi connectivity index (χ4v) is 4.69. The van der Waals surface area contributed by atoms with Crippen LogP contribution in [0.1, 0.15) is 54.5 Å². The largest absolute Gasteiger partial charge is 0.465 e. The van der Waals surface area contributed by atoms with Crippen molar-refractivity contribution >= 4 is 57.4 Å². The second-order valence-corrected chi connectivity index (χ2v) is 9.59. The van der Waals surface area contributed by atoms with Crippen LogP contribution in [-0.2, 0) is 9.53 Å². The number of methoxy groups -OCH3 is 1. The number of aliphatic imine (C=N–C) groups is 2. The molecule has 9 nitrogen and oxygen atoms in total. The van der Waals surface area contributed by atoms with Gasteiger partial charge in [0.15, 0.2) is 5.13 Å². The number of carbonyl (C=O) groups excluding carboxylic acids is 2. The van der Waals surface area contributed by atoms with Crippen molar-refractivity contribution in [2.45, 2.75) is 40.7 Å². The predicted octanol–water partition coefficient (Wildman–Crippen LogP) is 6.36. The van der Waals surface area contributed by atoms with Gasteiger partial charge in [0.1, 0.15) is 16.8 Å². The van der Waals surface area contributed by atoms with E-state index in [4.69, 9.17) is 21.3 Å². The minimum absolute atomic E-state index is 0.259. The van der Waals surface area contributed by atoms with Crippen LogP contribution in [0.25, 0.3) is 0 Å². The Morgan fingerprint density at radius 2 is 1.77 bits per heavy atom. The quantitative estimate of drug-likeness (QED) is 0.188. The van der Waals surface area contributed by atoms with Gasteiger partial charge in [-0.2, -0.15) is 0 Å². The molecule has 11 heteroatoms. The van der Waals surface area contributed by atoms with Crippen molar-refractivity contribution in [2.75, 3.05) is 17.7 Å². The summed E-state index contributed by atoms with van der Waals surface area (Å²) in [6, 6.07) is 14.4. The van der Waals surface area contributed by atoms with Crippen LogP contribution in [0, 0.1) is 6.92 Å². The van der Waals surface area contributed by atoms with Crippen molar-refractivity contribution in [2.24, 2.45) is 9.98 Å². The van der Waals surface area contributed by atoms with Gasteiger partial charge in [-0.25, -0.2) is 19.8 Å². The van der Waals surface area contributed by atoms with Crippen LogP contribution in [0.4, 0.5) is 10.8 Å². The number of allylic oxidation sites excluding steroid dienone is 1. The maximum Gasteiger partial charge on any atom is 0.349 e. The Kier molecular flexibility index (Phi) is 10.4. The maximum atomic E-state index is 13.4. The molecule has 3 N–H and O–H groups in total. The van der Waals surface area contributed by atoms with E-state index < -0.39 is 17.9 Å². The molecule has 2 heterocycles. The van der Waals surface area contributed by atoms with Crippen LogP contribution < -0.4 is 16.0 Å². The number of nitrogens with one attached hydrogen (secondary N) is 3. The van der Waals surface area contributed by atoms with Gasteiger partial charge < -0.3 is 15.4 Å². The van der Waals surface area contributed by atoms with E-state index in [-0.39, 0.29) is 10.0 Å². The molecule has 0 radical (unpaired) electrons. The van der Waals surface area contributed by atoms with Crippen molar-refractivity contribution in [1.82, 2.24) is 10.3 Å². The molecule has 1 unspecified atom stereocenters. The van der Waals surface area contributed by atoms with Gasteiger partial charge in [-0.15, -0.1) is 0 Å². The number of aryl methyl sites for hydroxylation is 1. The predicted molar refractivity (Wildman–Crippen MR) is 159 cm³/mol. The lowest BCUT2D eigenvalue weighted by molar-refractivity contribution is -0.113. The van der Waals surface area contributed by atoms with Crippen LogP contribution in [0.3, 0.4) is 0 Å². The average Bonchev–Trinajstić information content (AvgIpc) is 3.39. The summed E-state index contributed by atoms with van der Waals surface area (Å²) < 4.78 is 4.71. The topological polar surface area (TPSA) is 117 Å². The Bertz CT molecular complexity index is 1450. The van der Waals surface area contributed by atoms with Gasteiger partial charge in [-0.3, -0.25) is 10.1 Å². The smallest absolute Gasteiger partial charge is 0.349 e. The summed E-state index contributed by atoms with van der Waals surface area (Å²) in [5.41, 5.74) is 3.58. The zero-order valence-electron chi connectivity index (χ0n) is 22.6. The van der Waals surface area contributed by atoms with Gasteiger partial charge in [-0.1, -0.05) is 73.2 Å². The molecule has 1 amide bonds. The number of esters is 1. The summed E-state index contributed by atoms with van der Waals surface area (Å²) >= 11 is 7.53. The Morgan fingerprint density at radius 3 is 2.46 bits per heavy atom. The highest BCUT2D eigenvalue weighted by Gasteiger charge is 2.31. The average molecular weight is 567 g/mol. The van der Waals surface area contributed by atoms with Crippen molar-refractivity contribution in [3.05, 3.63) is 87.0 Å². The molecule has 0 aliphatic carbocycles. The number of hydrogen-bond donors (Lipinski definition) is 3. The van der Waals surface area contributed by atoms with E-state index in [1.165, 1.54) is 13.3 Å². The molecule has 1 aliphatic rings. The molecule has 0 saturated carbocycles. The van der Waals surface area contributed by atoms with Gasteiger partial charge >= 0.3 is 5.97 Å². The number of ether oxygens (including phenoxy) is 1. The van der Waals surface area contributed by atoms with Crippen LogP contribution in [0.2, 0.25) is 5.02 Å². The highest BCUT2D eigenvalue weighted by Crippen LogP contribution is 2.35. The molecule has 0 bridgehead atoms. The minimum Gasteiger partial charge on any atom is -0.465 e. The highest BCUT2D eigenvalue weighted by molar-refractivity contribution is 7.17. The lowest BCUT2D eigenvalue weighted by Gasteiger charge is -2.25. The molecular weight excluding hydrogens is 536 g/mol. The Morgan fingerprint density at radius 1 is 1.08 bits per heavy atom. The standard InChI is InChI=1S/C26H25ClN6O3S.C2H6/c1-14-9-5-8-12-19(14)30-16(3)31-25-29-15(2)21(22(32-25)17-10-6-7-11-18(17)27)23(34)33-26-28-13-20(37-26)24(35)36-4;1-2/h5-13,22H,1-4H3,(H,28,33,34)(H2,29,30,31,32);1-2H3. The molecular formula is C28H31ClN6O3S. The van der Waals surface area contributed by atoms with Gasteiger partial charge in [-0.05, 0) is 38.5 Å². The number of thiazole rings is 1. The second kappa shape index (κ2) is 13.7. The second-order valence-electron chi connectivity index (χ2n) is 8.15. The number of rotatable bonds is 5. The molecule has 39 heavy (non-hydrogen) atoms. The normalized spacial score (nSPS) is 14.9. The lowest BCUT2D eigenvalue weighted by Crippen LogP contribution is -2.33.